The molecule has 1 aromatic heterocycles. The topological polar surface area (TPSA) is 55.1 Å². The van der Waals surface area contributed by atoms with Crippen molar-refractivity contribution in [2.45, 2.75) is 56.9 Å². The minimum atomic E-state index is 0. The number of piperidine rings is 1. The molecule has 5 heteroatoms. The van der Waals surface area contributed by atoms with Crippen molar-refractivity contribution in [2.24, 2.45) is 0 Å². The third-order valence-corrected chi connectivity index (χ3v) is 4.22. The molecule has 1 N–H and O–H groups in total. The molecule has 2 heterocycles. The predicted molar refractivity (Wildman–Crippen MR) is 74.7 cm³/mol. The molecule has 0 amide bonds. The quantitative estimate of drug-likeness (QED) is 0.922. The Bertz CT molecular complexity index is 448. The van der Waals surface area contributed by atoms with Crippen LogP contribution in [-0.4, -0.2) is 23.5 Å². The fraction of sp³-hybridized carbons (Fsp3) is 0.714. The molecule has 0 aromatic carbocycles. The lowest BCUT2D eigenvalue weighted by Gasteiger charge is -2.21. The third kappa shape index (κ3) is 3.18. The first-order valence-corrected chi connectivity index (χ1v) is 6.90. The van der Waals surface area contributed by atoms with Gasteiger partial charge in [0, 0.05) is 11.5 Å². The second kappa shape index (κ2) is 5.63. The van der Waals surface area contributed by atoms with Crippen molar-refractivity contribution in [2.75, 3.05) is 6.54 Å². The average molecular weight is 285 g/mol. The molecule has 0 spiro atoms. The Balaban J connectivity index is 0.00000133. The summed E-state index contributed by atoms with van der Waals surface area (Å²) in [4.78, 5) is 12.1. The lowest BCUT2D eigenvalue weighted by atomic mass is 9.98. The number of hydrogen-bond donors (Lipinski definition) is 1. The van der Waals surface area contributed by atoms with E-state index >= 15 is 0 Å². The van der Waals surface area contributed by atoms with Crippen LogP contribution in [0.15, 0.2) is 10.6 Å². The molecular weight excluding hydrogens is 264 g/mol. The minimum absolute atomic E-state index is 0. The van der Waals surface area contributed by atoms with Crippen molar-refractivity contribution >= 4 is 18.2 Å². The van der Waals surface area contributed by atoms with Gasteiger partial charge < -0.3 is 9.84 Å². The van der Waals surface area contributed by atoms with Crippen molar-refractivity contribution in [1.29, 1.82) is 0 Å². The molecule has 1 aromatic rings. The molecule has 1 aliphatic heterocycles. The normalized spacial score (nSPS) is 24.6. The molecule has 2 fully saturated rings. The van der Waals surface area contributed by atoms with Crippen molar-refractivity contribution < 1.29 is 9.32 Å². The second-order valence-electron chi connectivity index (χ2n) is 5.88. The Morgan fingerprint density at radius 2 is 2.32 bits per heavy atom. The number of halogens is 1. The number of carbonyl (C=O) groups is 1. The summed E-state index contributed by atoms with van der Waals surface area (Å²) >= 11 is 0. The molecule has 0 unspecified atom stereocenters. The summed E-state index contributed by atoms with van der Waals surface area (Å²) in [5.74, 6) is 0.953. The molecule has 2 aliphatic rings. The molecular formula is C14H21ClN2O2. The maximum Gasteiger partial charge on any atom is 0.157 e. The monoisotopic (exact) mass is 284 g/mol. The zero-order valence-corrected chi connectivity index (χ0v) is 12.1. The van der Waals surface area contributed by atoms with Crippen LogP contribution < -0.4 is 5.32 Å². The van der Waals surface area contributed by atoms with Crippen LogP contribution in [0, 0.1) is 0 Å². The first-order valence-electron chi connectivity index (χ1n) is 6.90. The summed E-state index contributed by atoms with van der Waals surface area (Å²) < 4.78 is 5.29. The van der Waals surface area contributed by atoms with Gasteiger partial charge in [-0.3, -0.25) is 4.79 Å². The van der Waals surface area contributed by atoms with Gasteiger partial charge in [-0.25, -0.2) is 0 Å². The molecule has 106 valence electrons. The number of hydrogen-bond acceptors (Lipinski definition) is 4. The van der Waals surface area contributed by atoms with Gasteiger partial charge >= 0.3 is 0 Å². The largest absolute Gasteiger partial charge is 0.361 e. The second-order valence-corrected chi connectivity index (χ2v) is 5.88. The summed E-state index contributed by atoms with van der Waals surface area (Å²) in [6, 6.07) is 1.98. The molecule has 0 radical (unpaired) electrons. The zero-order valence-electron chi connectivity index (χ0n) is 11.3. The van der Waals surface area contributed by atoms with Gasteiger partial charge in [0.25, 0.3) is 0 Å². The average Bonchev–Trinajstić information content (AvgIpc) is 2.97. The zero-order chi connectivity index (χ0) is 12.6. The Kier molecular flexibility index (Phi) is 4.31. The fourth-order valence-corrected chi connectivity index (χ4v) is 2.55. The van der Waals surface area contributed by atoms with Crippen LogP contribution in [0.5, 0.6) is 0 Å². The highest BCUT2D eigenvalue weighted by molar-refractivity contribution is 5.86. The molecule has 3 rings (SSSR count). The summed E-state index contributed by atoms with van der Waals surface area (Å²) in [7, 11) is 0. The van der Waals surface area contributed by atoms with Crippen molar-refractivity contribution in [3.63, 3.8) is 0 Å². The smallest absolute Gasteiger partial charge is 0.157 e. The van der Waals surface area contributed by atoms with E-state index in [9.17, 15) is 4.79 Å². The molecule has 4 nitrogen and oxygen atoms in total. The van der Waals surface area contributed by atoms with Gasteiger partial charge in [-0.05, 0) is 32.2 Å². The van der Waals surface area contributed by atoms with Crippen LogP contribution in [0.25, 0.3) is 0 Å². The Labute approximate surface area is 119 Å². The molecule has 1 atom stereocenters. The van der Waals surface area contributed by atoms with Crippen LogP contribution in [0.4, 0.5) is 0 Å². The van der Waals surface area contributed by atoms with Gasteiger partial charge in [0.05, 0.1) is 18.2 Å². The van der Waals surface area contributed by atoms with Crippen molar-refractivity contribution in [3.8, 4) is 0 Å². The number of rotatable bonds is 4. The third-order valence-electron chi connectivity index (χ3n) is 4.22. The highest BCUT2D eigenvalue weighted by Gasteiger charge is 2.42. The summed E-state index contributed by atoms with van der Waals surface area (Å²) in [6.45, 7) is 3.15. The van der Waals surface area contributed by atoms with Gasteiger partial charge in [0.15, 0.2) is 5.78 Å². The van der Waals surface area contributed by atoms with Gasteiger partial charge in [-0.1, -0.05) is 18.5 Å². The van der Waals surface area contributed by atoms with Crippen LogP contribution in [0.1, 0.15) is 50.5 Å². The van der Waals surface area contributed by atoms with E-state index in [1.54, 1.807) is 0 Å². The van der Waals surface area contributed by atoms with E-state index in [1.165, 1.54) is 19.3 Å². The number of nitrogens with one attached hydrogen (secondary N) is 1. The number of Topliss-reactive ketones (excluding diaryl/α,β-unsaturated/α-hetero) is 1. The number of aromatic nitrogens is 1. The van der Waals surface area contributed by atoms with Crippen LogP contribution in [0.3, 0.4) is 0 Å². The standard InChI is InChI=1S/C14H20N2O2.ClH/c1-14(5-6-14)13-9-10(18-16-13)8-12(17)11-4-2-3-7-15-11;/h9,11,15H,2-8H2,1H3;1H/t11-;/m0./s1. The minimum Gasteiger partial charge on any atom is -0.361 e. The van der Waals surface area contributed by atoms with E-state index in [-0.39, 0.29) is 29.6 Å². The first-order chi connectivity index (χ1) is 8.67. The van der Waals surface area contributed by atoms with Crippen molar-refractivity contribution in [1.82, 2.24) is 10.5 Å². The Morgan fingerprint density at radius 1 is 1.53 bits per heavy atom. The maximum atomic E-state index is 12.1. The molecule has 1 aliphatic carbocycles. The Morgan fingerprint density at radius 3 is 2.95 bits per heavy atom. The Hall–Kier alpha value is -0.870. The first kappa shape index (κ1) is 14.5. The van der Waals surface area contributed by atoms with Gasteiger partial charge in [-0.2, -0.15) is 0 Å². The number of ketones is 1. The van der Waals surface area contributed by atoms with Gasteiger partial charge in [0.1, 0.15) is 5.76 Å². The number of nitrogens with zero attached hydrogens (tertiary/aromatic N) is 1. The van der Waals surface area contributed by atoms with E-state index in [2.05, 4.69) is 17.4 Å². The lowest BCUT2D eigenvalue weighted by Crippen LogP contribution is -2.41. The highest BCUT2D eigenvalue weighted by Crippen LogP contribution is 2.47. The highest BCUT2D eigenvalue weighted by atomic mass is 35.5. The van der Waals surface area contributed by atoms with E-state index in [0.717, 1.165) is 30.8 Å². The molecule has 0 bridgehead atoms. The maximum absolute atomic E-state index is 12.1. The van der Waals surface area contributed by atoms with Crippen LogP contribution >= 0.6 is 12.4 Å². The molecule has 1 saturated carbocycles. The van der Waals surface area contributed by atoms with Crippen LogP contribution in [0.2, 0.25) is 0 Å². The van der Waals surface area contributed by atoms with Gasteiger partial charge in [0.2, 0.25) is 0 Å². The molecule has 19 heavy (non-hydrogen) atoms. The van der Waals surface area contributed by atoms with E-state index < -0.39 is 0 Å². The van der Waals surface area contributed by atoms with Gasteiger partial charge in [-0.15, -0.1) is 12.4 Å². The SMILES string of the molecule is CC1(c2cc(CC(=O)[C@@H]3CCCCN3)on2)CC1.Cl. The fourth-order valence-electron chi connectivity index (χ4n) is 2.55. The van der Waals surface area contributed by atoms with E-state index in [1.807, 2.05) is 6.07 Å². The molecule has 1 saturated heterocycles. The summed E-state index contributed by atoms with van der Waals surface area (Å²) in [5.41, 5.74) is 1.23. The summed E-state index contributed by atoms with van der Waals surface area (Å²) in [5, 5.41) is 7.38. The van der Waals surface area contributed by atoms with E-state index in [4.69, 9.17) is 4.52 Å². The van der Waals surface area contributed by atoms with Crippen molar-refractivity contribution in [3.05, 3.63) is 17.5 Å². The van der Waals surface area contributed by atoms with E-state index in [0.29, 0.717) is 6.42 Å². The number of carbonyl (C=O) groups excluding carboxylic acids is 1. The van der Waals surface area contributed by atoms with Crippen LogP contribution in [-0.2, 0) is 16.6 Å². The summed E-state index contributed by atoms with van der Waals surface area (Å²) in [6.07, 6.45) is 6.00. The predicted octanol–water partition coefficient (Wildman–Crippen LogP) is 2.40. The lowest BCUT2D eigenvalue weighted by molar-refractivity contribution is -0.121.